The summed E-state index contributed by atoms with van der Waals surface area (Å²) in [5.74, 6) is 12.1. The lowest BCUT2D eigenvalue weighted by molar-refractivity contribution is 0.346. The zero-order valence-corrected chi connectivity index (χ0v) is 18.3. The van der Waals surface area contributed by atoms with Crippen LogP contribution in [0.25, 0.3) is 0 Å². The van der Waals surface area contributed by atoms with Crippen molar-refractivity contribution in [1.29, 1.82) is 0 Å². The van der Waals surface area contributed by atoms with Crippen LogP contribution in [0.5, 0.6) is 0 Å². The number of hydrogen-bond acceptors (Lipinski definition) is 1. The molecule has 29 heavy (non-hydrogen) atoms. The zero-order chi connectivity index (χ0) is 20.6. The maximum absolute atomic E-state index is 6.72. The molecule has 0 atom stereocenters. The molecular formula is C27H26OSi. The largest absolute Gasteiger partial charge is 0.396 e. The molecule has 0 saturated heterocycles. The molecule has 0 aromatic heterocycles. The highest BCUT2D eigenvalue weighted by atomic mass is 28.4. The molecule has 0 aliphatic carbocycles. The van der Waals surface area contributed by atoms with Crippen LogP contribution in [-0.4, -0.2) is 14.9 Å². The molecule has 0 aliphatic rings. The molecule has 0 N–H and O–H groups in total. The van der Waals surface area contributed by atoms with E-state index in [9.17, 15) is 0 Å². The smallest absolute Gasteiger partial charge is 0.262 e. The molecule has 3 rings (SSSR count). The lowest BCUT2D eigenvalue weighted by Crippen LogP contribution is -2.66. The minimum Gasteiger partial charge on any atom is -0.396 e. The van der Waals surface area contributed by atoms with Gasteiger partial charge in [-0.1, -0.05) is 111 Å². The lowest BCUT2D eigenvalue weighted by Gasteiger charge is -2.42. The molecule has 2 heteroatoms. The van der Waals surface area contributed by atoms with E-state index in [1.165, 1.54) is 10.4 Å². The highest BCUT2D eigenvalue weighted by molar-refractivity contribution is 6.99. The molecule has 0 saturated carbocycles. The molecule has 1 nitrogen and oxygen atoms in total. The Morgan fingerprint density at radius 1 is 0.690 bits per heavy atom. The first-order chi connectivity index (χ1) is 14.0. The summed E-state index contributed by atoms with van der Waals surface area (Å²) in [6, 6.07) is 31.1. The van der Waals surface area contributed by atoms with Crippen LogP contribution in [0.15, 0.2) is 91.0 Å². The zero-order valence-electron chi connectivity index (χ0n) is 17.3. The molecule has 0 spiro atoms. The van der Waals surface area contributed by atoms with Gasteiger partial charge in [-0.2, -0.15) is 0 Å². The van der Waals surface area contributed by atoms with Crippen molar-refractivity contribution in [2.75, 3.05) is 6.61 Å². The van der Waals surface area contributed by atoms with E-state index < -0.39 is 8.32 Å². The molecule has 0 bridgehead atoms. The average molecular weight is 395 g/mol. The van der Waals surface area contributed by atoms with Gasteiger partial charge in [-0.05, 0) is 39.4 Å². The first-order valence-corrected chi connectivity index (χ1v) is 11.7. The van der Waals surface area contributed by atoms with Crippen molar-refractivity contribution < 1.29 is 4.43 Å². The van der Waals surface area contributed by atoms with Gasteiger partial charge in [-0.15, -0.1) is 0 Å². The third kappa shape index (κ3) is 4.87. The summed E-state index contributed by atoms with van der Waals surface area (Å²) in [5.41, 5.74) is 0.967. The third-order valence-corrected chi connectivity index (χ3v) is 9.89. The molecule has 3 aromatic carbocycles. The first kappa shape index (κ1) is 20.7. The molecule has 0 amide bonds. The van der Waals surface area contributed by atoms with Crippen molar-refractivity contribution in [1.82, 2.24) is 0 Å². The second kappa shape index (κ2) is 9.44. The van der Waals surface area contributed by atoms with Gasteiger partial charge in [0.2, 0.25) is 0 Å². The maximum Gasteiger partial charge on any atom is 0.262 e. The lowest BCUT2D eigenvalue weighted by atomic mass is 10.2. The summed E-state index contributed by atoms with van der Waals surface area (Å²) >= 11 is 0. The Hall–Kier alpha value is -3.04. The maximum atomic E-state index is 6.72. The molecule has 0 fully saturated rings. The number of benzene rings is 3. The monoisotopic (exact) mass is 394 g/mol. The van der Waals surface area contributed by atoms with E-state index in [1.807, 2.05) is 30.3 Å². The van der Waals surface area contributed by atoms with E-state index in [0.29, 0.717) is 6.61 Å². The van der Waals surface area contributed by atoms with Gasteiger partial charge in [-0.25, -0.2) is 0 Å². The van der Waals surface area contributed by atoms with E-state index in [1.54, 1.807) is 0 Å². The van der Waals surface area contributed by atoms with Crippen LogP contribution >= 0.6 is 0 Å². The van der Waals surface area contributed by atoms with Gasteiger partial charge >= 0.3 is 0 Å². The number of rotatable bonds is 4. The Labute approximate surface area is 175 Å². The van der Waals surface area contributed by atoms with Crippen LogP contribution < -0.4 is 10.4 Å². The minimum absolute atomic E-state index is 0.0485. The quantitative estimate of drug-likeness (QED) is 0.463. The van der Waals surface area contributed by atoms with Crippen molar-refractivity contribution in [3.05, 3.63) is 96.6 Å². The van der Waals surface area contributed by atoms with Gasteiger partial charge in [0.25, 0.3) is 8.32 Å². The predicted octanol–water partition coefficient (Wildman–Crippen LogP) is 4.62. The van der Waals surface area contributed by atoms with Crippen LogP contribution in [-0.2, 0) is 4.43 Å². The Morgan fingerprint density at radius 3 is 1.66 bits per heavy atom. The fourth-order valence-corrected chi connectivity index (χ4v) is 8.06. The third-order valence-electron chi connectivity index (χ3n) is 4.91. The molecule has 0 aliphatic heterocycles. The fourth-order valence-electron chi connectivity index (χ4n) is 3.61. The predicted molar refractivity (Wildman–Crippen MR) is 125 cm³/mol. The Kier molecular flexibility index (Phi) is 6.73. The SMILES string of the molecule is CC(C)(C)[Si](OCC#CC#Cc1ccccc1)(c1ccccc1)c1ccccc1. The fraction of sp³-hybridized carbons (Fsp3) is 0.185. The first-order valence-electron chi connectivity index (χ1n) is 9.83. The summed E-state index contributed by atoms with van der Waals surface area (Å²) in [7, 11) is -2.52. The molecule has 0 heterocycles. The van der Waals surface area contributed by atoms with E-state index in [0.717, 1.165) is 5.56 Å². The highest BCUT2D eigenvalue weighted by Crippen LogP contribution is 2.36. The highest BCUT2D eigenvalue weighted by Gasteiger charge is 2.49. The van der Waals surface area contributed by atoms with E-state index in [4.69, 9.17) is 4.43 Å². The second-order valence-electron chi connectivity index (χ2n) is 7.87. The Morgan fingerprint density at radius 2 is 1.17 bits per heavy atom. The van der Waals surface area contributed by atoms with Crippen molar-refractivity contribution in [2.24, 2.45) is 0 Å². The van der Waals surface area contributed by atoms with Crippen LogP contribution in [0.3, 0.4) is 0 Å². The van der Waals surface area contributed by atoms with E-state index in [2.05, 4.69) is 105 Å². The van der Waals surface area contributed by atoms with E-state index in [-0.39, 0.29) is 5.04 Å². The minimum atomic E-state index is -2.52. The van der Waals surface area contributed by atoms with Crippen molar-refractivity contribution >= 4 is 18.7 Å². The van der Waals surface area contributed by atoms with Crippen LogP contribution in [0.1, 0.15) is 26.3 Å². The molecule has 0 radical (unpaired) electrons. The Bertz CT molecular complexity index is 988. The van der Waals surface area contributed by atoms with Crippen molar-refractivity contribution in [3.63, 3.8) is 0 Å². The molecule has 3 aromatic rings. The van der Waals surface area contributed by atoms with E-state index >= 15 is 0 Å². The van der Waals surface area contributed by atoms with Gasteiger partial charge < -0.3 is 4.43 Å². The summed E-state index contributed by atoms with van der Waals surface area (Å²) in [6.07, 6.45) is 0. The van der Waals surface area contributed by atoms with Crippen LogP contribution in [0.4, 0.5) is 0 Å². The van der Waals surface area contributed by atoms with Crippen LogP contribution in [0, 0.1) is 23.7 Å². The van der Waals surface area contributed by atoms with Crippen LogP contribution in [0.2, 0.25) is 5.04 Å². The summed E-state index contributed by atoms with van der Waals surface area (Å²) in [4.78, 5) is 0. The standard InChI is InChI=1S/C27H26OSi/c1-27(2,3)29(25-19-11-5-12-20-25,26-21-13-6-14-22-26)28-23-15-7-10-18-24-16-8-4-9-17-24/h4-6,8-9,11-14,16-17,19-22H,23H2,1-3H3. The average Bonchev–Trinajstić information content (AvgIpc) is 2.74. The van der Waals surface area contributed by atoms with Crippen molar-refractivity contribution in [3.8, 4) is 23.7 Å². The molecule has 144 valence electrons. The Balaban J connectivity index is 1.91. The summed E-state index contributed by atoms with van der Waals surface area (Å²) in [6.45, 7) is 7.16. The van der Waals surface area contributed by atoms with Gasteiger partial charge in [0.15, 0.2) is 0 Å². The summed E-state index contributed by atoms with van der Waals surface area (Å²) < 4.78 is 6.72. The second-order valence-corrected chi connectivity index (χ2v) is 12.2. The topological polar surface area (TPSA) is 9.23 Å². The molecule has 0 unspecified atom stereocenters. The van der Waals surface area contributed by atoms with Crippen molar-refractivity contribution in [2.45, 2.75) is 25.8 Å². The normalized spacial score (nSPS) is 11.0. The summed E-state index contributed by atoms with van der Waals surface area (Å²) in [5, 5.41) is 2.47. The van der Waals surface area contributed by atoms with Gasteiger partial charge in [0, 0.05) is 5.56 Å². The van der Waals surface area contributed by atoms with Gasteiger partial charge in [-0.3, -0.25) is 0 Å². The van der Waals surface area contributed by atoms with Gasteiger partial charge in [0.1, 0.15) is 0 Å². The number of hydrogen-bond donors (Lipinski definition) is 0. The van der Waals surface area contributed by atoms with Gasteiger partial charge in [0.05, 0.1) is 6.61 Å². The molecular weight excluding hydrogens is 368 g/mol.